The molecule has 0 aliphatic heterocycles. The van der Waals surface area contributed by atoms with E-state index in [2.05, 4.69) is 0 Å². The number of benzene rings is 3. The Kier molecular flexibility index (Phi) is 5.72. The summed E-state index contributed by atoms with van der Waals surface area (Å²) in [6, 6.07) is 21.7. The van der Waals surface area contributed by atoms with Crippen LogP contribution in [0.2, 0.25) is 5.02 Å². The van der Waals surface area contributed by atoms with Crippen molar-refractivity contribution in [1.82, 2.24) is 0 Å². The normalized spacial score (nSPS) is 11.1. The van der Waals surface area contributed by atoms with Crippen molar-refractivity contribution in [3.8, 4) is 0 Å². The molecule has 0 spiro atoms. The van der Waals surface area contributed by atoms with Crippen LogP contribution in [0.1, 0.15) is 10.4 Å². The van der Waals surface area contributed by atoms with Crippen molar-refractivity contribution >= 4 is 38.9 Å². The van der Waals surface area contributed by atoms with E-state index in [1.165, 1.54) is 24.1 Å². The molecule has 0 saturated heterocycles. The molecule has 0 unspecified atom stereocenters. The fourth-order valence-corrected chi connectivity index (χ4v) is 4.14. The van der Waals surface area contributed by atoms with Gasteiger partial charge in [0.2, 0.25) is 0 Å². The molecule has 144 valence electrons. The molecule has 0 N–H and O–H groups in total. The van der Waals surface area contributed by atoms with E-state index in [-0.39, 0.29) is 16.4 Å². The first-order chi connectivity index (χ1) is 13.3. The maximum Gasteiger partial charge on any atom is 0.264 e. The first-order valence-electron chi connectivity index (χ1n) is 8.48. The van der Waals surface area contributed by atoms with Crippen LogP contribution >= 0.6 is 11.6 Å². The van der Waals surface area contributed by atoms with Gasteiger partial charge in [0.05, 0.1) is 10.6 Å². The van der Waals surface area contributed by atoms with E-state index in [0.717, 1.165) is 9.99 Å². The van der Waals surface area contributed by atoms with Crippen molar-refractivity contribution in [3.63, 3.8) is 0 Å². The Morgan fingerprint density at radius 1 is 0.821 bits per heavy atom. The van der Waals surface area contributed by atoms with E-state index in [9.17, 15) is 13.2 Å². The number of amides is 1. The van der Waals surface area contributed by atoms with E-state index in [0.29, 0.717) is 10.7 Å². The summed E-state index contributed by atoms with van der Waals surface area (Å²) in [5.41, 5.74) is 1.44. The van der Waals surface area contributed by atoms with Crippen molar-refractivity contribution in [2.45, 2.75) is 4.90 Å². The highest BCUT2D eigenvalue weighted by atomic mass is 35.5. The van der Waals surface area contributed by atoms with Crippen LogP contribution < -0.4 is 9.21 Å². The molecule has 0 fully saturated rings. The monoisotopic (exact) mass is 414 g/mol. The third-order valence-corrected chi connectivity index (χ3v) is 6.38. The van der Waals surface area contributed by atoms with Crippen LogP contribution in [0, 0.1) is 0 Å². The van der Waals surface area contributed by atoms with Gasteiger partial charge in [-0.1, -0.05) is 41.9 Å². The third kappa shape index (κ3) is 4.03. The summed E-state index contributed by atoms with van der Waals surface area (Å²) in [7, 11) is -0.751. The Balaban J connectivity index is 1.93. The number of anilines is 2. The predicted molar refractivity (Wildman–Crippen MR) is 113 cm³/mol. The minimum Gasteiger partial charge on any atom is -0.311 e. The third-order valence-electron chi connectivity index (χ3n) is 4.36. The molecular formula is C21H19ClN2O3S. The van der Waals surface area contributed by atoms with Gasteiger partial charge in [-0.25, -0.2) is 8.42 Å². The van der Waals surface area contributed by atoms with Crippen LogP contribution in [0.15, 0.2) is 83.8 Å². The lowest BCUT2D eigenvalue weighted by Gasteiger charge is -2.21. The van der Waals surface area contributed by atoms with Gasteiger partial charge in [-0.2, -0.15) is 0 Å². The van der Waals surface area contributed by atoms with Crippen LogP contribution in [0.4, 0.5) is 11.4 Å². The van der Waals surface area contributed by atoms with Gasteiger partial charge in [-0.05, 0) is 48.5 Å². The van der Waals surface area contributed by atoms with Gasteiger partial charge in [-0.3, -0.25) is 9.10 Å². The molecule has 0 aliphatic rings. The molecule has 0 radical (unpaired) electrons. The van der Waals surface area contributed by atoms with E-state index in [1.54, 1.807) is 43.4 Å². The molecule has 0 saturated carbocycles. The van der Waals surface area contributed by atoms with Gasteiger partial charge >= 0.3 is 0 Å². The highest BCUT2D eigenvalue weighted by Gasteiger charge is 2.23. The summed E-state index contributed by atoms with van der Waals surface area (Å²) in [5.74, 6) is -0.298. The average molecular weight is 415 g/mol. The van der Waals surface area contributed by atoms with Crippen molar-refractivity contribution in [2.24, 2.45) is 0 Å². The van der Waals surface area contributed by atoms with Gasteiger partial charge in [-0.15, -0.1) is 0 Å². The van der Waals surface area contributed by atoms with Crippen molar-refractivity contribution in [3.05, 3.63) is 89.4 Å². The SMILES string of the molecule is CN(C(=O)c1cccc(S(=O)(=O)N(C)c2cccc(Cl)c2)c1)c1ccccc1. The molecule has 0 bridgehead atoms. The zero-order chi connectivity index (χ0) is 20.3. The van der Waals surface area contributed by atoms with E-state index >= 15 is 0 Å². The fourth-order valence-electron chi connectivity index (χ4n) is 2.72. The second-order valence-electron chi connectivity index (χ2n) is 6.18. The van der Waals surface area contributed by atoms with Crippen molar-refractivity contribution in [1.29, 1.82) is 0 Å². The lowest BCUT2D eigenvalue weighted by molar-refractivity contribution is 0.0993. The molecule has 0 aliphatic carbocycles. The summed E-state index contributed by atoms with van der Waals surface area (Å²) in [5, 5.41) is 0.438. The number of carbonyl (C=O) groups is 1. The predicted octanol–water partition coefficient (Wildman–Crippen LogP) is 4.44. The first-order valence-corrected chi connectivity index (χ1v) is 10.3. The van der Waals surface area contributed by atoms with Crippen LogP contribution in [0.5, 0.6) is 0 Å². The lowest BCUT2D eigenvalue weighted by Crippen LogP contribution is -2.28. The zero-order valence-corrected chi connectivity index (χ0v) is 17.0. The molecular weight excluding hydrogens is 396 g/mol. The summed E-state index contributed by atoms with van der Waals surface area (Å²) in [6.07, 6.45) is 0. The number of para-hydroxylation sites is 1. The molecule has 7 heteroatoms. The fraction of sp³-hybridized carbons (Fsp3) is 0.0952. The van der Waals surface area contributed by atoms with Crippen LogP contribution in [0.25, 0.3) is 0 Å². The molecule has 0 heterocycles. The molecule has 5 nitrogen and oxygen atoms in total. The Morgan fingerprint density at radius 3 is 2.14 bits per heavy atom. The molecule has 3 aromatic carbocycles. The summed E-state index contributed by atoms with van der Waals surface area (Å²) < 4.78 is 27.2. The second-order valence-corrected chi connectivity index (χ2v) is 8.59. The maximum atomic E-state index is 13.0. The minimum absolute atomic E-state index is 0.0299. The quantitative estimate of drug-likeness (QED) is 0.620. The molecule has 0 aromatic heterocycles. The lowest BCUT2D eigenvalue weighted by atomic mass is 10.2. The van der Waals surface area contributed by atoms with Crippen LogP contribution in [-0.2, 0) is 10.0 Å². The summed E-state index contributed by atoms with van der Waals surface area (Å²) in [6.45, 7) is 0. The maximum absolute atomic E-state index is 13.0. The zero-order valence-electron chi connectivity index (χ0n) is 15.4. The van der Waals surface area contributed by atoms with Gasteiger partial charge in [0.1, 0.15) is 0 Å². The second kappa shape index (κ2) is 8.04. The van der Waals surface area contributed by atoms with Crippen LogP contribution in [-0.4, -0.2) is 28.4 Å². The minimum atomic E-state index is -3.85. The number of sulfonamides is 1. The standard InChI is InChI=1S/C21H19ClN2O3S/c1-23(18-10-4-3-5-11-18)21(25)16-8-6-13-20(14-16)28(26,27)24(2)19-12-7-9-17(22)15-19/h3-15H,1-2H3. The van der Waals surface area contributed by atoms with Crippen LogP contribution in [0.3, 0.4) is 0 Å². The molecule has 3 rings (SSSR count). The number of rotatable bonds is 5. The van der Waals surface area contributed by atoms with Crippen molar-refractivity contribution in [2.75, 3.05) is 23.3 Å². The number of halogens is 1. The van der Waals surface area contributed by atoms with Gasteiger partial charge in [0.25, 0.3) is 15.9 Å². The Morgan fingerprint density at radius 2 is 1.46 bits per heavy atom. The van der Waals surface area contributed by atoms with E-state index < -0.39 is 10.0 Å². The topological polar surface area (TPSA) is 57.7 Å². The molecule has 1 amide bonds. The Bertz CT molecular complexity index is 1100. The van der Waals surface area contributed by atoms with Gasteiger partial charge < -0.3 is 4.90 Å². The summed E-state index contributed by atoms with van der Waals surface area (Å²) >= 11 is 5.97. The molecule has 0 atom stereocenters. The van der Waals surface area contributed by atoms with Gasteiger partial charge in [0, 0.05) is 30.4 Å². The smallest absolute Gasteiger partial charge is 0.264 e. The Labute approximate surface area is 169 Å². The number of hydrogen-bond donors (Lipinski definition) is 0. The Hall–Kier alpha value is -2.83. The van der Waals surface area contributed by atoms with E-state index in [1.807, 2.05) is 30.3 Å². The number of hydrogen-bond acceptors (Lipinski definition) is 3. The highest BCUT2D eigenvalue weighted by molar-refractivity contribution is 7.92. The number of carbonyl (C=O) groups excluding carboxylic acids is 1. The van der Waals surface area contributed by atoms with E-state index in [4.69, 9.17) is 11.6 Å². The summed E-state index contributed by atoms with van der Waals surface area (Å²) in [4.78, 5) is 14.3. The molecule has 3 aromatic rings. The first kappa shape index (κ1) is 19.9. The van der Waals surface area contributed by atoms with Gasteiger partial charge in [0.15, 0.2) is 0 Å². The largest absolute Gasteiger partial charge is 0.311 e. The average Bonchev–Trinajstić information content (AvgIpc) is 2.72. The van der Waals surface area contributed by atoms with Crippen molar-refractivity contribution < 1.29 is 13.2 Å². The molecule has 28 heavy (non-hydrogen) atoms. The highest BCUT2D eigenvalue weighted by Crippen LogP contribution is 2.25. The number of nitrogens with zero attached hydrogens (tertiary/aromatic N) is 2.